The number of hydrogen-bond donors (Lipinski definition) is 1. The van der Waals surface area contributed by atoms with Gasteiger partial charge >= 0.3 is 0 Å². The van der Waals surface area contributed by atoms with Crippen molar-refractivity contribution in [2.24, 2.45) is 0 Å². The Labute approximate surface area is 169 Å². The first-order chi connectivity index (χ1) is 13.6. The van der Waals surface area contributed by atoms with E-state index in [0.717, 1.165) is 9.71 Å². The zero-order chi connectivity index (χ0) is 21.2. The summed E-state index contributed by atoms with van der Waals surface area (Å²) >= 11 is 0. The first-order valence-electron chi connectivity index (χ1n) is 8.60. The highest BCUT2D eigenvalue weighted by Crippen LogP contribution is 2.33. The third-order valence-corrected chi connectivity index (χ3v) is 7.49. The van der Waals surface area contributed by atoms with Crippen molar-refractivity contribution in [2.75, 3.05) is 22.5 Å². The van der Waals surface area contributed by atoms with Gasteiger partial charge in [-0.3, -0.25) is 9.10 Å². The van der Waals surface area contributed by atoms with Gasteiger partial charge in [-0.25, -0.2) is 16.8 Å². The zero-order valence-corrected chi connectivity index (χ0v) is 17.4. The average molecular weight is 437 g/mol. The highest BCUT2D eigenvalue weighted by Gasteiger charge is 2.36. The van der Waals surface area contributed by atoms with Crippen molar-refractivity contribution >= 4 is 37.1 Å². The molecule has 8 nitrogen and oxygen atoms in total. The summed E-state index contributed by atoms with van der Waals surface area (Å²) in [7, 11) is -6.25. The van der Waals surface area contributed by atoms with Crippen LogP contribution in [0.2, 0.25) is 0 Å². The van der Waals surface area contributed by atoms with Gasteiger partial charge in [-0.2, -0.15) is 0 Å². The zero-order valence-electron chi connectivity index (χ0n) is 15.8. The number of amides is 1. The van der Waals surface area contributed by atoms with Crippen LogP contribution in [0.25, 0.3) is 0 Å². The minimum absolute atomic E-state index is 0.108. The van der Waals surface area contributed by atoms with Gasteiger partial charge < -0.3 is 10.1 Å². The second kappa shape index (κ2) is 7.88. The van der Waals surface area contributed by atoms with Crippen LogP contribution in [0.1, 0.15) is 6.92 Å². The van der Waals surface area contributed by atoms with Crippen LogP contribution >= 0.6 is 0 Å². The number of benzene rings is 2. The minimum Gasteiger partial charge on any atom is -0.495 e. The van der Waals surface area contributed by atoms with Crippen molar-refractivity contribution in [3.63, 3.8) is 0 Å². The van der Waals surface area contributed by atoms with Gasteiger partial charge in [0, 0.05) is 12.3 Å². The number of para-hydroxylation sites is 1. The molecule has 2 aromatic rings. The number of nitrogens with zero attached hydrogens (tertiary/aromatic N) is 1. The molecule has 1 aliphatic rings. The highest BCUT2D eigenvalue weighted by molar-refractivity contribution is 7.95. The molecule has 3 rings (SSSR count). The van der Waals surface area contributed by atoms with E-state index in [2.05, 4.69) is 5.32 Å². The van der Waals surface area contributed by atoms with E-state index in [9.17, 15) is 21.6 Å². The number of anilines is 2. The molecular formula is C19H20N2O6S2. The summed E-state index contributed by atoms with van der Waals surface area (Å²) in [4.78, 5) is 11.4. The number of carbonyl (C=O) groups excluding carboxylic acids is 1. The fourth-order valence-corrected chi connectivity index (χ4v) is 6.03. The Hall–Kier alpha value is -2.85. The smallest absolute Gasteiger partial charge is 0.264 e. The number of methoxy groups -OCH3 is 1. The molecule has 0 saturated carbocycles. The summed E-state index contributed by atoms with van der Waals surface area (Å²) < 4.78 is 57.1. The van der Waals surface area contributed by atoms with E-state index in [1.54, 1.807) is 30.3 Å². The number of sulfonamides is 1. The Bertz CT molecular complexity index is 1160. The Kier molecular flexibility index (Phi) is 5.67. The number of nitrogens with one attached hydrogen (secondary N) is 1. The van der Waals surface area contributed by atoms with Crippen LogP contribution in [-0.2, 0) is 24.7 Å². The van der Waals surface area contributed by atoms with E-state index in [4.69, 9.17) is 4.74 Å². The van der Waals surface area contributed by atoms with E-state index >= 15 is 0 Å². The van der Waals surface area contributed by atoms with E-state index in [-0.39, 0.29) is 22.2 Å². The summed E-state index contributed by atoms with van der Waals surface area (Å²) in [5, 5.41) is 3.57. The van der Waals surface area contributed by atoms with E-state index in [1.807, 2.05) is 0 Å². The molecule has 0 fully saturated rings. The molecule has 0 unspecified atom stereocenters. The topological polar surface area (TPSA) is 110 Å². The Morgan fingerprint density at radius 3 is 2.41 bits per heavy atom. The van der Waals surface area contributed by atoms with E-state index in [1.165, 1.54) is 38.3 Å². The van der Waals surface area contributed by atoms with Gasteiger partial charge in [0.1, 0.15) is 5.75 Å². The van der Waals surface area contributed by atoms with Crippen LogP contribution in [0, 0.1) is 0 Å². The second-order valence-electron chi connectivity index (χ2n) is 6.41. The Morgan fingerprint density at radius 1 is 1.17 bits per heavy atom. The molecule has 0 bridgehead atoms. The maximum absolute atomic E-state index is 13.5. The van der Waals surface area contributed by atoms with Crippen molar-refractivity contribution in [1.82, 2.24) is 0 Å². The van der Waals surface area contributed by atoms with Crippen molar-refractivity contribution in [1.29, 1.82) is 0 Å². The summed E-state index contributed by atoms with van der Waals surface area (Å²) in [6.45, 7) is 1.30. The molecule has 0 radical (unpaired) electrons. The molecule has 0 aliphatic carbocycles. The lowest BCUT2D eigenvalue weighted by molar-refractivity contribution is -0.114. The second-order valence-corrected chi connectivity index (χ2v) is 10.2. The minimum atomic E-state index is -4.16. The maximum Gasteiger partial charge on any atom is 0.264 e. The first kappa shape index (κ1) is 20.9. The van der Waals surface area contributed by atoms with Crippen LogP contribution in [0.3, 0.4) is 0 Å². The van der Waals surface area contributed by atoms with Crippen molar-refractivity contribution in [3.05, 3.63) is 60.0 Å². The van der Waals surface area contributed by atoms with Gasteiger partial charge in [0.2, 0.25) is 5.91 Å². The van der Waals surface area contributed by atoms with Gasteiger partial charge in [0.05, 0.1) is 35.2 Å². The molecular weight excluding hydrogens is 416 g/mol. The van der Waals surface area contributed by atoms with Crippen LogP contribution in [0.15, 0.2) is 64.9 Å². The number of ether oxygens (including phenoxy) is 1. The molecule has 0 spiro atoms. The van der Waals surface area contributed by atoms with Gasteiger partial charge in [-0.05, 0) is 36.4 Å². The molecule has 2 aromatic carbocycles. The van der Waals surface area contributed by atoms with Gasteiger partial charge in [-0.15, -0.1) is 0 Å². The third kappa shape index (κ3) is 4.43. The lowest BCUT2D eigenvalue weighted by Gasteiger charge is -2.29. The van der Waals surface area contributed by atoms with Crippen LogP contribution in [-0.4, -0.2) is 41.6 Å². The molecule has 29 heavy (non-hydrogen) atoms. The van der Waals surface area contributed by atoms with Crippen molar-refractivity contribution < 1.29 is 26.4 Å². The molecule has 1 amide bonds. The standard InChI is InChI=1S/C19H20N2O6S2/c1-14(22)20-18-12-17(8-9-19(18)27-2)29(25,26)21(15-6-4-3-5-7-15)16-10-11-28(23,24)13-16/h3-12,16H,13H2,1-2H3,(H,20,22)/t16-/m1/s1. The molecule has 1 aliphatic heterocycles. The first-order valence-corrected chi connectivity index (χ1v) is 11.8. The Morgan fingerprint density at radius 2 is 1.86 bits per heavy atom. The lowest BCUT2D eigenvalue weighted by atomic mass is 10.2. The van der Waals surface area contributed by atoms with Gasteiger partial charge in [0.25, 0.3) is 10.0 Å². The fourth-order valence-electron chi connectivity index (χ4n) is 3.04. The Balaban J connectivity index is 2.13. The predicted molar refractivity (Wildman–Crippen MR) is 110 cm³/mol. The lowest BCUT2D eigenvalue weighted by Crippen LogP contribution is -2.41. The summed E-state index contributed by atoms with van der Waals surface area (Å²) in [6.07, 6.45) is 1.36. The predicted octanol–water partition coefficient (Wildman–Crippen LogP) is 2.16. The molecule has 0 saturated heterocycles. The van der Waals surface area contributed by atoms with Gasteiger partial charge in [-0.1, -0.05) is 18.2 Å². The average Bonchev–Trinajstić information content (AvgIpc) is 3.01. The summed E-state index contributed by atoms with van der Waals surface area (Å²) in [6, 6.07) is 11.4. The monoisotopic (exact) mass is 436 g/mol. The van der Waals surface area contributed by atoms with Crippen molar-refractivity contribution in [3.8, 4) is 5.75 Å². The van der Waals surface area contributed by atoms with Crippen LogP contribution < -0.4 is 14.4 Å². The molecule has 1 N–H and O–H groups in total. The number of hydrogen-bond acceptors (Lipinski definition) is 6. The molecule has 10 heteroatoms. The maximum atomic E-state index is 13.5. The quantitative estimate of drug-likeness (QED) is 0.743. The molecule has 1 heterocycles. The van der Waals surface area contributed by atoms with E-state index in [0.29, 0.717) is 11.4 Å². The molecule has 0 aromatic heterocycles. The number of sulfone groups is 1. The summed E-state index contributed by atoms with van der Waals surface area (Å²) in [5.74, 6) is -0.438. The third-order valence-electron chi connectivity index (χ3n) is 4.26. The molecule has 1 atom stereocenters. The largest absolute Gasteiger partial charge is 0.495 e. The van der Waals surface area contributed by atoms with Crippen LogP contribution in [0.4, 0.5) is 11.4 Å². The normalized spacial score (nSPS) is 17.7. The van der Waals surface area contributed by atoms with Crippen LogP contribution in [0.5, 0.6) is 5.75 Å². The number of rotatable bonds is 6. The SMILES string of the molecule is COc1ccc(S(=O)(=O)N(c2ccccc2)[C@@H]2C=CS(=O)(=O)C2)cc1NC(C)=O. The van der Waals surface area contributed by atoms with Gasteiger partial charge in [0.15, 0.2) is 9.84 Å². The molecule has 154 valence electrons. The fraction of sp³-hybridized carbons (Fsp3) is 0.211. The summed E-state index contributed by atoms with van der Waals surface area (Å²) in [5.41, 5.74) is 0.528. The van der Waals surface area contributed by atoms with Crippen molar-refractivity contribution in [2.45, 2.75) is 17.9 Å². The highest BCUT2D eigenvalue weighted by atomic mass is 32.2. The number of carbonyl (C=O) groups is 1. The van der Waals surface area contributed by atoms with E-state index < -0.39 is 25.9 Å².